The number of nitro benzene ring substituents is 1. The summed E-state index contributed by atoms with van der Waals surface area (Å²) in [7, 11) is 1.08. The van der Waals surface area contributed by atoms with Crippen molar-refractivity contribution in [3.05, 3.63) is 44.1 Å². The zero-order valence-electron chi connectivity index (χ0n) is 13.8. The maximum Gasteiger partial charge on any atom is 0.350 e. The van der Waals surface area contributed by atoms with E-state index in [0.717, 1.165) is 25.4 Å². The molecule has 138 valence electrons. The third-order valence-electron chi connectivity index (χ3n) is 3.18. The predicted octanol–water partition coefficient (Wildman–Crippen LogP) is 2.28. The molecule has 1 aromatic carbocycles. The van der Waals surface area contributed by atoms with Crippen molar-refractivity contribution >= 4 is 45.2 Å². The van der Waals surface area contributed by atoms with E-state index in [2.05, 4.69) is 26.0 Å². The van der Waals surface area contributed by atoms with Crippen LogP contribution in [0.3, 0.4) is 0 Å². The van der Waals surface area contributed by atoms with Crippen molar-refractivity contribution in [1.29, 1.82) is 0 Å². The number of hydrogen-bond acceptors (Lipinski definition) is 9. The monoisotopic (exact) mass is 428 g/mol. The molecule has 26 heavy (non-hydrogen) atoms. The summed E-state index contributed by atoms with van der Waals surface area (Å²) in [5.41, 5.74) is -1.01. The van der Waals surface area contributed by atoms with Crippen molar-refractivity contribution in [2.45, 2.75) is 19.6 Å². The molecule has 1 fully saturated rings. The van der Waals surface area contributed by atoms with Gasteiger partial charge < -0.3 is 19.5 Å². The zero-order chi connectivity index (χ0) is 19.6. The van der Waals surface area contributed by atoms with Gasteiger partial charge in [0.1, 0.15) is 5.56 Å². The second-order valence-corrected chi connectivity index (χ2v) is 6.33. The Morgan fingerprint density at radius 3 is 2.38 bits per heavy atom. The summed E-state index contributed by atoms with van der Waals surface area (Å²) in [5, 5.41) is 13.7. The average molecular weight is 429 g/mol. The van der Waals surface area contributed by atoms with Gasteiger partial charge in [-0.2, -0.15) is 0 Å². The molecule has 0 bridgehead atoms. The van der Waals surface area contributed by atoms with E-state index in [9.17, 15) is 24.5 Å². The number of esters is 3. The van der Waals surface area contributed by atoms with Crippen molar-refractivity contribution in [3.8, 4) is 0 Å². The lowest BCUT2D eigenvalue weighted by molar-refractivity contribution is -0.385. The van der Waals surface area contributed by atoms with Crippen LogP contribution in [-0.2, 0) is 23.8 Å². The molecule has 0 unspecified atom stereocenters. The maximum absolute atomic E-state index is 11.9. The third kappa shape index (κ3) is 3.99. The first kappa shape index (κ1) is 19.4. The number of cyclic esters (lactones) is 2. The number of benzene rings is 1. The summed E-state index contributed by atoms with van der Waals surface area (Å²) in [6, 6.07) is 2.24. The molecule has 10 nitrogen and oxygen atoms in total. The average Bonchev–Trinajstić information content (AvgIpc) is 2.52. The van der Waals surface area contributed by atoms with Crippen molar-refractivity contribution in [2.75, 3.05) is 12.4 Å². The normalized spacial score (nSPS) is 15.6. The Labute approximate surface area is 155 Å². The highest BCUT2D eigenvalue weighted by molar-refractivity contribution is 9.10. The predicted molar refractivity (Wildman–Crippen MR) is 90.1 cm³/mol. The van der Waals surface area contributed by atoms with Gasteiger partial charge in [-0.15, -0.1) is 0 Å². The first-order valence-electron chi connectivity index (χ1n) is 7.05. The smallest absolute Gasteiger partial charge is 0.350 e. The molecule has 0 spiro atoms. The number of methoxy groups -OCH3 is 1. The van der Waals surface area contributed by atoms with Crippen LogP contribution >= 0.6 is 15.9 Å². The zero-order valence-corrected chi connectivity index (χ0v) is 15.4. The molecule has 1 heterocycles. The number of hydrogen-bond donors (Lipinski definition) is 1. The summed E-state index contributed by atoms with van der Waals surface area (Å²) in [5.74, 6) is -4.09. The van der Waals surface area contributed by atoms with Gasteiger partial charge in [-0.25, -0.2) is 14.4 Å². The van der Waals surface area contributed by atoms with Crippen LogP contribution in [0.1, 0.15) is 24.2 Å². The molecular formula is C15H13BrN2O8. The minimum atomic E-state index is -1.38. The molecule has 1 saturated heterocycles. The van der Waals surface area contributed by atoms with Crippen molar-refractivity contribution in [2.24, 2.45) is 0 Å². The number of halogens is 1. The fraction of sp³-hybridized carbons (Fsp3) is 0.267. The number of rotatable bonds is 4. The summed E-state index contributed by atoms with van der Waals surface area (Å²) < 4.78 is 14.6. The maximum atomic E-state index is 11.9. The van der Waals surface area contributed by atoms with Gasteiger partial charge in [-0.05, 0) is 22.0 Å². The first-order chi connectivity index (χ1) is 12.1. The van der Waals surface area contributed by atoms with Crippen LogP contribution in [-0.4, -0.2) is 35.7 Å². The lowest BCUT2D eigenvalue weighted by atomic mass is 10.1. The number of carbonyl (C=O) groups is 3. The fourth-order valence-electron chi connectivity index (χ4n) is 2.03. The van der Waals surface area contributed by atoms with Crippen LogP contribution < -0.4 is 5.32 Å². The van der Waals surface area contributed by atoms with E-state index in [1.807, 2.05) is 0 Å². The Hall–Kier alpha value is -2.95. The number of anilines is 1. The highest BCUT2D eigenvalue weighted by Gasteiger charge is 2.39. The Kier molecular flexibility index (Phi) is 5.30. The Morgan fingerprint density at radius 2 is 1.88 bits per heavy atom. The highest BCUT2D eigenvalue weighted by atomic mass is 79.9. The molecule has 0 aromatic heterocycles. The number of ether oxygens (including phenoxy) is 3. The molecular weight excluding hydrogens is 416 g/mol. The molecule has 1 aliphatic rings. The Balaban J connectivity index is 2.38. The first-order valence-corrected chi connectivity index (χ1v) is 7.84. The standard InChI is InChI=1S/C15H13BrN2O8/c1-15(2)25-13(20)8(14(21)26-15)6-17-10-4-7(12(19)24-3)11(18(22)23)5-9(10)16/h4-6,17H,1-3H3. The van der Waals surface area contributed by atoms with Crippen LogP contribution in [0.2, 0.25) is 0 Å². The molecule has 1 aromatic rings. The van der Waals surface area contributed by atoms with Gasteiger partial charge in [0, 0.05) is 30.6 Å². The summed E-state index contributed by atoms with van der Waals surface area (Å²) in [6.07, 6.45) is 1.02. The summed E-state index contributed by atoms with van der Waals surface area (Å²) in [6.45, 7) is 2.81. The molecule has 0 atom stereocenters. The second kappa shape index (κ2) is 7.12. The van der Waals surface area contributed by atoms with Gasteiger partial charge in [0.05, 0.1) is 17.7 Å². The van der Waals surface area contributed by atoms with Crippen molar-refractivity contribution in [1.82, 2.24) is 0 Å². The molecule has 0 amide bonds. The molecule has 0 saturated carbocycles. The van der Waals surface area contributed by atoms with Gasteiger partial charge in [0.25, 0.3) is 11.5 Å². The highest BCUT2D eigenvalue weighted by Crippen LogP contribution is 2.32. The fourth-order valence-corrected chi connectivity index (χ4v) is 2.47. The van der Waals surface area contributed by atoms with E-state index >= 15 is 0 Å². The molecule has 1 aliphatic heterocycles. The SMILES string of the molecule is COC(=O)c1cc(NC=C2C(=O)OC(C)(C)OC2=O)c(Br)cc1[N+](=O)[O-]. The van der Waals surface area contributed by atoms with Crippen molar-refractivity contribution < 1.29 is 33.5 Å². The molecule has 11 heteroatoms. The van der Waals surface area contributed by atoms with E-state index in [1.54, 1.807) is 0 Å². The van der Waals surface area contributed by atoms with Gasteiger partial charge in [-0.3, -0.25) is 10.1 Å². The number of nitrogens with one attached hydrogen (secondary N) is 1. The molecule has 0 radical (unpaired) electrons. The largest absolute Gasteiger partial charge is 0.465 e. The lowest BCUT2D eigenvalue weighted by Crippen LogP contribution is -2.42. The third-order valence-corrected chi connectivity index (χ3v) is 3.83. The van der Waals surface area contributed by atoms with Crippen LogP contribution in [0.25, 0.3) is 0 Å². The van der Waals surface area contributed by atoms with E-state index in [4.69, 9.17) is 9.47 Å². The summed E-state index contributed by atoms with van der Waals surface area (Å²) >= 11 is 3.11. The Morgan fingerprint density at radius 1 is 1.31 bits per heavy atom. The van der Waals surface area contributed by atoms with Gasteiger partial charge in [0.2, 0.25) is 0 Å². The second-order valence-electron chi connectivity index (χ2n) is 5.48. The van der Waals surface area contributed by atoms with E-state index in [0.29, 0.717) is 0 Å². The molecule has 2 rings (SSSR count). The van der Waals surface area contributed by atoms with Gasteiger partial charge in [-0.1, -0.05) is 0 Å². The number of nitro groups is 1. The van der Waals surface area contributed by atoms with Gasteiger partial charge >= 0.3 is 17.9 Å². The minimum absolute atomic E-state index is 0.175. The minimum Gasteiger partial charge on any atom is -0.465 e. The Bertz CT molecular complexity index is 824. The quantitative estimate of drug-likeness (QED) is 0.251. The molecule has 1 N–H and O–H groups in total. The topological polar surface area (TPSA) is 134 Å². The van der Waals surface area contributed by atoms with E-state index in [1.165, 1.54) is 13.8 Å². The lowest BCUT2D eigenvalue weighted by Gasteiger charge is -2.29. The van der Waals surface area contributed by atoms with Gasteiger partial charge in [0.15, 0.2) is 5.57 Å². The van der Waals surface area contributed by atoms with E-state index in [-0.39, 0.29) is 15.7 Å². The van der Waals surface area contributed by atoms with Crippen LogP contribution in [0, 0.1) is 10.1 Å². The number of carbonyl (C=O) groups excluding carboxylic acids is 3. The van der Waals surface area contributed by atoms with Crippen LogP contribution in [0.4, 0.5) is 11.4 Å². The van der Waals surface area contributed by atoms with Crippen LogP contribution in [0.15, 0.2) is 28.4 Å². The molecule has 0 aliphatic carbocycles. The van der Waals surface area contributed by atoms with Crippen LogP contribution in [0.5, 0.6) is 0 Å². The van der Waals surface area contributed by atoms with E-state index < -0.39 is 39.9 Å². The number of nitrogens with zero attached hydrogens (tertiary/aromatic N) is 1. The van der Waals surface area contributed by atoms with Crippen molar-refractivity contribution in [3.63, 3.8) is 0 Å². The summed E-state index contributed by atoms with van der Waals surface area (Å²) in [4.78, 5) is 45.9.